The van der Waals surface area contributed by atoms with Crippen molar-refractivity contribution >= 4 is 5.91 Å². The zero-order chi connectivity index (χ0) is 9.56. The van der Waals surface area contributed by atoms with E-state index >= 15 is 0 Å². The first-order chi connectivity index (χ1) is 5.59. The van der Waals surface area contributed by atoms with Crippen molar-refractivity contribution in [2.24, 2.45) is 5.84 Å². The van der Waals surface area contributed by atoms with Gasteiger partial charge in [0.05, 0.1) is 0 Å². The topological polar surface area (TPSA) is 46.3 Å². The lowest BCUT2D eigenvalue weighted by Crippen LogP contribution is -2.38. The van der Waals surface area contributed by atoms with Gasteiger partial charge in [0, 0.05) is 12.1 Å². The molecule has 0 saturated heterocycles. The quantitative estimate of drug-likeness (QED) is 0.223. The maximum Gasteiger partial charge on any atom is 0.262 e. The summed E-state index contributed by atoms with van der Waals surface area (Å²) in [5.41, 5.74) is 0.494. The van der Waals surface area contributed by atoms with Gasteiger partial charge in [0.15, 0.2) is 0 Å². The summed E-state index contributed by atoms with van der Waals surface area (Å²) < 4.78 is 0. The van der Waals surface area contributed by atoms with E-state index in [1.165, 1.54) is 5.01 Å². The number of amides is 1. The molecular weight excluding hydrogens is 152 g/mol. The van der Waals surface area contributed by atoms with Gasteiger partial charge >= 0.3 is 0 Å². The minimum Gasteiger partial charge on any atom is -0.277 e. The summed E-state index contributed by atoms with van der Waals surface area (Å²) in [7, 11) is 0. The molecule has 0 atom stereocenters. The maximum absolute atomic E-state index is 11.1. The zero-order valence-electron chi connectivity index (χ0n) is 7.97. The maximum atomic E-state index is 11.1. The Labute approximate surface area is 74.2 Å². The van der Waals surface area contributed by atoms with Crippen molar-refractivity contribution in [1.29, 1.82) is 0 Å². The number of carbonyl (C=O) groups excluding carboxylic acids is 1. The molecule has 0 spiro atoms. The Bertz CT molecular complexity index is 166. The highest BCUT2D eigenvalue weighted by Crippen LogP contribution is 1.98. The van der Waals surface area contributed by atoms with E-state index in [1.807, 2.05) is 0 Å². The molecule has 12 heavy (non-hydrogen) atoms. The molecule has 0 fully saturated rings. The van der Waals surface area contributed by atoms with Crippen molar-refractivity contribution in [2.75, 3.05) is 6.54 Å². The van der Waals surface area contributed by atoms with E-state index < -0.39 is 0 Å². The summed E-state index contributed by atoms with van der Waals surface area (Å²) >= 11 is 0. The van der Waals surface area contributed by atoms with Gasteiger partial charge in [0.2, 0.25) is 0 Å². The van der Waals surface area contributed by atoms with Crippen LogP contribution in [-0.4, -0.2) is 17.5 Å². The van der Waals surface area contributed by atoms with Gasteiger partial charge in [-0.25, -0.2) is 5.84 Å². The largest absolute Gasteiger partial charge is 0.277 e. The van der Waals surface area contributed by atoms with E-state index in [9.17, 15) is 4.79 Å². The molecule has 0 rings (SSSR count). The number of hydrazine groups is 1. The predicted molar refractivity (Wildman–Crippen MR) is 50.2 cm³/mol. The second kappa shape index (κ2) is 5.77. The van der Waals surface area contributed by atoms with Gasteiger partial charge in [-0.2, -0.15) is 0 Å². The van der Waals surface area contributed by atoms with Crippen LogP contribution in [0.1, 0.15) is 33.1 Å². The highest BCUT2D eigenvalue weighted by atomic mass is 16.2. The van der Waals surface area contributed by atoms with Gasteiger partial charge in [-0.3, -0.25) is 9.80 Å². The first kappa shape index (κ1) is 11.2. The number of carbonyl (C=O) groups is 1. The number of nitrogens with zero attached hydrogens (tertiary/aromatic N) is 1. The van der Waals surface area contributed by atoms with Crippen molar-refractivity contribution < 1.29 is 4.79 Å². The molecule has 0 aliphatic heterocycles. The fourth-order valence-corrected chi connectivity index (χ4v) is 0.879. The fourth-order valence-electron chi connectivity index (χ4n) is 0.879. The van der Waals surface area contributed by atoms with E-state index in [4.69, 9.17) is 5.84 Å². The standard InChI is InChI=1S/C9H18N2O/c1-4-5-6-7-11(10)9(12)8(2)3/h2,4-7,10H2,1,3H3. The molecule has 0 heterocycles. The highest BCUT2D eigenvalue weighted by molar-refractivity contribution is 5.91. The van der Waals surface area contributed by atoms with Gasteiger partial charge in [-0.05, 0) is 13.3 Å². The second-order valence-corrected chi connectivity index (χ2v) is 2.99. The predicted octanol–water partition coefficient (Wildman–Crippen LogP) is 1.45. The summed E-state index contributed by atoms with van der Waals surface area (Å²) in [5.74, 6) is 5.32. The highest BCUT2D eigenvalue weighted by Gasteiger charge is 2.08. The zero-order valence-corrected chi connectivity index (χ0v) is 7.97. The Hall–Kier alpha value is -0.830. The van der Waals surface area contributed by atoms with E-state index in [0.717, 1.165) is 19.3 Å². The third-order valence-corrected chi connectivity index (χ3v) is 1.63. The fraction of sp³-hybridized carbons (Fsp3) is 0.667. The van der Waals surface area contributed by atoms with Crippen LogP contribution >= 0.6 is 0 Å². The first-order valence-electron chi connectivity index (χ1n) is 4.31. The smallest absolute Gasteiger partial charge is 0.262 e. The van der Waals surface area contributed by atoms with E-state index in [1.54, 1.807) is 6.92 Å². The van der Waals surface area contributed by atoms with Crippen LogP contribution in [0.5, 0.6) is 0 Å². The molecule has 0 aliphatic carbocycles. The van der Waals surface area contributed by atoms with Crippen molar-refractivity contribution in [3.8, 4) is 0 Å². The number of hydrogen-bond acceptors (Lipinski definition) is 2. The molecule has 70 valence electrons. The molecule has 0 saturated carbocycles. The Morgan fingerprint density at radius 3 is 2.50 bits per heavy atom. The minimum absolute atomic E-state index is 0.161. The summed E-state index contributed by atoms with van der Waals surface area (Å²) in [5, 5.41) is 1.23. The molecule has 3 nitrogen and oxygen atoms in total. The van der Waals surface area contributed by atoms with E-state index in [0.29, 0.717) is 12.1 Å². The molecule has 0 bridgehead atoms. The van der Waals surface area contributed by atoms with Crippen LogP contribution in [0.4, 0.5) is 0 Å². The monoisotopic (exact) mass is 170 g/mol. The Morgan fingerprint density at radius 2 is 2.08 bits per heavy atom. The Morgan fingerprint density at radius 1 is 1.50 bits per heavy atom. The molecule has 1 amide bonds. The van der Waals surface area contributed by atoms with Gasteiger partial charge < -0.3 is 0 Å². The van der Waals surface area contributed by atoms with E-state index in [-0.39, 0.29) is 5.91 Å². The van der Waals surface area contributed by atoms with Crippen LogP contribution in [0.3, 0.4) is 0 Å². The Balaban J connectivity index is 3.64. The molecular formula is C9H18N2O. The third kappa shape index (κ3) is 4.13. The van der Waals surface area contributed by atoms with Crippen LogP contribution < -0.4 is 5.84 Å². The average Bonchev–Trinajstić information content (AvgIpc) is 2.03. The van der Waals surface area contributed by atoms with Crippen LogP contribution in [0.15, 0.2) is 12.2 Å². The molecule has 0 unspecified atom stereocenters. The van der Waals surface area contributed by atoms with Crippen LogP contribution in [0, 0.1) is 0 Å². The average molecular weight is 170 g/mol. The molecule has 0 aromatic carbocycles. The number of rotatable bonds is 5. The molecule has 0 aromatic rings. The van der Waals surface area contributed by atoms with Gasteiger partial charge in [0.25, 0.3) is 5.91 Å². The summed E-state index contributed by atoms with van der Waals surface area (Å²) in [4.78, 5) is 11.1. The van der Waals surface area contributed by atoms with Crippen LogP contribution in [0.25, 0.3) is 0 Å². The van der Waals surface area contributed by atoms with Crippen molar-refractivity contribution in [2.45, 2.75) is 33.1 Å². The lowest BCUT2D eigenvalue weighted by Gasteiger charge is -2.15. The number of hydrogen-bond donors (Lipinski definition) is 1. The number of unbranched alkanes of at least 4 members (excludes halogenated alkanes) is 2. The SMILES string of the molecule is C=C(C)C(=O)N(N)CCCCC. The summed E-state index contributed by atoms with van der Waals surface area (Å²) in [6, 6.07) is 0. The van der Waals surface area contributed by atoms with Gasteiger partial charge in [-0.15, -0.1) is 0 Å². The molecule has 0 radical (unpaired) electrons. The molecule has 2 N–H and O–H groups in total. The molecule has 0 aliphatic rings. The molecule has 3 heteroatoms. The second-order valence-electron chi connectivity index (χ2n) is 2.99. The van der Waals surface area contributed by atoms with Crippen molar-refractivity contribution in [3.05, 3.63) is 12.2 Å². The van der Waals surface area contributed by atoms with Crippen molar-refractivity contribution in [3.63, 3.8) is 0 Å². The first-order valence-corrected chi connectivity index (χ1v) is 4.31. The normalized spacial score (nSPS) is 9.58. The van der Waals surface area contributed by atoms with Gasteiger partial charge in [-0.1, -0.05) is 26.3 Å². The van der Waals surface area contributed by atoms with E-state index in [2.05, 4.69) is 13.5 Å². The minimum atomic E-state index is -0.161. The lowest BCUT2D eigenvalue weighted by molar-refractivity contribution is -0.127. The summed E-state index contributed by atoms with van der Waals surface area (Å²) in [6.07, 6.45) is 3.21. The van der Waals surface area contributed by atoms with Crippen LogP contribution in [-0.2, 0) is 4.79 Å². The van der Waals surface area contributed by atoms with Gasteiger partial charge in [0.1, 0.15) is 0 Å². The Kier molecular flexibility index (Phi) is 5.37. The molecule has 0 aromatic heterocycles. The number of nitrogens with two attached hydrogens (primary N) is 1. The van der Waals surface area contributed by atoms with Crippen LogP contribution in [0.2, 0.25) is 0 Å². The lowest BCUT2D eigenvalue weighted by atomic mass is 10.2. The van der Waals surface area contributed by atoms with Crippen molar-refractivity contribution in [1.82, 2.24) is 5.01 Å². The summed E-state index contributed by atoms with van der Waals surface area (Å²) in [6.45, 7) is 7.94. The third-order valence-electron chi connectivity index (χ3n) is 1.63.